The first-order valence-corrected chi connectivity index (χ1v) is 29.0. The Morgan fingerprint density at radius 2 is 1.32 bits per heavy atom. The molecule has 7 N–H and O–H groups in total. The number of nitrogens with zero attached hydrogens (tertiary/aromatic N) is 2. The normalized spacial score (nSPS) is 20.0. The molecule has 0 spiro atoms. The number of carbonyl (C=O) groups is 2. The van der Waals surface area contributed by atoms with Crippen molar-refractivity contribution in [1.29, 1.82) is 0 Å². The molecule has 2 rings (SSSR count). The van der Waals surface area contributed by atoms with Gasteiger partial charge in [-0.1, -0.05) is 151 Å². The third-order valence-electron chi connectivity index (χ3n) is 11.4. The third kappa shape index (κ3) is 32.3. The fourth-order valence-electron chi connectivity index (χ4n) is 7.34. The largest absolute Gasteiger partial charge is 0.481 e. The molecular weight excluding hydrogens is 985 g/mol. The van der Waals surface area contributed by atoms with E-state index in [-0.39, 0.29) is 31.5 Å². The number of ether oxygens (including phenoxy) is 3. The number of hydrogen-bond donors (Lipinski definition) is 6. The van der Waals surface area contributed by atoms with E-state index in [2.05, 4.69) is 71.8 Å². The quantitative estimate of drug-likeness (QED) is 0.0117. The van der Waals surface area contributed by atoms with E-state index < -0.39 is 89.8 Å². The molecule has 0 aromatic carbocycles. The number of anilines is 1. The van der Waals surface area contributed by atoms with Crippen LogP contribution in [0.25, 0.3) is 0 Å². The van der Waals surface area contributed by atoms with E-state index in [0.717, 1.165) is 87.8 Å². The number of phosphoric ester groups is 2. The maximum absolute atomic E-state index is 12.9. The lowest BCUT2D eigenvalue weighted by Crippen LogP contribution is -2.36. The van der Waals surface area contributed by atoms with Crippen molar-refractivity contribution < 1.29 is 71.4 Å². The molecule has 1 aromatic rings. The number of carbonyl (C=O) groups excluding carboxylic acids is 2. The van der Waals surface area contributed by atoms with Crippen LogP contribution in [0.2, 0.25) is 0 Å². The average Bonchev–Trinajstić information content (AvgIpc) is 3.62. The number of aliphatic hydroxyl groups is 3. The molecule has 0 aliphatic carbocycles. The van der Waals surface area contributed by atoms with Crippen molar-refractivity contribution in [2.75, 3.05) is 25.6 Å². The smallest absolute Gasteiger partial charge is 0.462 e. The number of allylic oxidation sites excluding steroid dienone is 11. The summed E-state index contributed by atoms with van der Waals surface area (Å²) in [5, 5.41) is 31.3. The highest BCUT2D eigenvalue weighted by Gasteiger charge is 2.46. The van der Waals surface area contributed by atoms with E-state index in [4.69, 9.17) is 29.0 Å². The fraction of sp³-hybridized carbons (Fsp3) is 0.654. The van der Waals surface area contributed by atoms with Crippen molar-refractivity contribution in [3.8, 4) is 0 Å². The Hall–Kier alpha value is -3.84. The van der Waals surface area contributed by atoms with E-state index >= 15 is 0 Å². The average molecular weight is 1070 g/mol. The van der Waals surface area contributed by atoms with E-state index in [0.29, 0.717) is 6.42 Å². The predicted octanol–water partition coefficient (Wildman–Crippen LogP) is 9.86. The van der Waals surface area contributed by atoms with Crippen molar-refractivity contribution in [2.24, 2.45) is 0 Å². The van der Waals surface area contributed by atoms with Crippen molar-refractivity contribution in [3.05, 3.63) is 95.7 Å². The Kier molecular flexibility index (Phi) is 35.4. The minimum absolute atomic E-state index is 0.00124. The highest BCUT2D eigenvalue weighted by molar-refractivity contribution is 7.61. The molecule has 0 bridgehead atoms. The molecule has 0 radical (unpaired) electrons. The molecule has 0 saturated carbocycles. The van der Waals surface area contributed by atoms with Crippen LogP contribution in [-0.2, 0) is 46.3 Å². The Morgan fingerprint density at radius 1 is 0.740 bits per heavy atom. The zero-order valence-corrected chi connectivity index (χ0v) is 44.8. The topological polar surface area (TPSA) is 286 Å². The van der Waals surface area contributed by atoms with Gasteiger partial charge in [-0.15, -0.1) is 0 Å². The molecule has 19 nitrogen and oxygen atoms in total. The molecule has 0 amide bonds. The first kappa shape index (κ1) is 65.3. The maximum atomic E-state index is 12.9. The fourth-order valence-corrected chi connectivity index (χ4v) is 9.45. The highest BCUT2D eigenvalue weighted by atomic mass is 31.3. The molecule has 2 heterocycles. The van der Waals surface area contributed by atoms with Crippen LogP contribution in [0.4, 0.5) is 5.82 Å². The number of aliphatic hydroxyl groups excluding tert-OH is 3. The van der Waals surface area contributed by atoms with Gasteiger partial charge in [0, 0.05) is 19.0 Å². The van der Waals surface area contributed by atoms with Gasteiger partial charge < -0.3 is 45.1 Å². The summed E-state index contributed by atoms with van der Waals surface area (Å²) in [6, 6.07) is 1.24. The van der Waals surface area contributed by atoms with Crippen molar-refractivity contribution in [2.45, 2.75) is 198 Å². The monoisotopic (exact) mass is 1070 g/mol. The highest BCUT2D eigenvalue weighted by Crippen LogP contribution is 2.60. The molecular formula is C52H85N3O16P2. The minimum atomic E-state index is -5.47. The Bertz CT molecular complexity index is 2020. The summed E-state index contributed by atoms with van der Waals surface area (Å²) in [6.07, 6.45) is 37.2. The lowest BCUT2D eigenvalue weighted by molar-refractivity contribution is -0.161. The van der Waals surface area contributed by atoms with Gasteiger partial charge in [-0.25, -0.2) is 13.9 Å². The number of hydrogen-bond acceptors (Lipinski definition) is 16. The maximum Gasteiger partial charge on any atom is 0.481 e. The molecule has 8 atom stereocenters. The van der Waals surface area contributed by atoms with E-state index in [9.17, 15) is 48.6 Å². The Morgan fingerprint density at radius 3 is 1.95 bits per heavy atom. The lowest BCUT2D eigenvalue weighted by atomic mass is 10.1. The summed E-state index contributed by atoms with van der Waals surface area (Å²) in [6.45, 7) is 1.84. The van der Waals surface area contributed by atoms with Gasteiger partial charge in [-0.2, -0.15) is 9.29 Å². The van der Waals surface area contributed by atoms with Gasteiger partial charge in [-0.3, -0.25) is 23.2 Å². The number of unbranched alkanes of at least 4 members (excludes halogenated alkanes) is 13. The molecule has 1 aromatic heterocycles. The Balaban J connectivity index is 1.85. The zero-order valence-electron chi connectivity index (χ0n) is 43.0. The van der Waals surface area contributed by atoms with Gasteiger partial charge in [0.05, 0.1) is 19.3 Å². The summed E-state index contributed by atoms with van der Waals surface area (Å²) >= 11 is 0. The second kappa shape index (κ2) is 39.6. The number of aromatic nitrogens is 2. The van der Waals surface area contributed by atoms with Crippen LogP contribution >= 0.6 is 15.6 Å². The van der Waals surface area contributed by atoms with Gasteiger partial charge >= 0.3 is 33.3 Å². The predicted molar refractivity (Wildman–Crippen MR) is 281 cm³/mol. The molecule has 73 heavy (non-hydrogen) atoms. The second-order valence-corrected chi connectivity index (χ2v) is 20.9. The lowest BCUT2D eigenvalue weighted by Gasteiger charge is -2.21. The summed E-state index contributed by atoms with van der Waals surface area (Å²) in [5.41, 5.74) is 4.57. The number of phosphoric acid groups is 2. The number of rotatable bonds is 42. The SMILES string of the molecule is CC/C=C\C/C=C\C/C=C\C/C=C\C=C\C(O)CCCC(=O)OC[C@H](COP(=O)(O)OP(=O)(O)OC[C@H]1O[C@@H](n2ccc(N)nc2=O)[C@H](O)[C@@H]1O)OC(=O)CCCCCCCCC/C=C\CCCCCCCC. The number of nitrogens with two attached hydrogens (primary N) is 1. The van der Waals surface area contributed by atoms with E-state index in [1.54, 1.807) is 12.2 Å². The van der Waals surface area contributed by atoms with Gasteiger partial charge in [0.1, 0.15) is 30.7 Å². The second-order valence-electron chi connectivity index (χ2n) is 17.8. The molecule has 1 saturated heterocycles. The van der Waals surface area contributed by atoms with Gasteiger partial charge in [0.2, 0.25) is 0 Å². The van der Waals surface area contributed by atoms with Gasteiger partial charge in [0.25, 0.3) is 0 Å². The van der Waals surface area contributed by atoms with Crippen LogP contribution in [0.1, 0.15) is 168 Å². The summed E-state index contributed by atoms with van der Waals surface area (Å²) in [5.74, 6) is -1.52. The number of nitrogen functional groups attached to an aromatic ring is 1. The first-order valence-electron chi connectivity index (χ1n) is 26.1. The molecule has 21 heteroatoms. The van der Waals surface area contributed by atoms with Crippen LogP contribution in [0.5, 0.6) is 0 Å². The molecule has 3 unspecified atom stereocenters. The van der Waals surface area contributed by atoms with Crippen LogP contribution < -0.4 is 11.4 Å². The van der Waals surface area contributed by atoms with Crippen molar-refractivity contribution in [1.82, 2.24) is 9.55 Å². The van der Waals surface area contributed by atoms with Crippen molar-refractivity contribution >= 4 is 33.4 Å². The summed E-state index contributed by atoms with van der Waals surface area (Å²) in [7, 11) is -10.9. The van der Waals surface area contributed by atoms with Gasteiger partial charge in [-0.05, 0) is 76.7 Å². The molecule has 1 aliphatic heterocycles. The molecule has 414 valence electrons. The van der Waals surface area contributed by atoms with E-state index in [1.165, 1.54) is 44.6 Å². The molecule has 1 fully saturated rings. The minimum Gasteiger partial charge on any atom is -0.462 e. The summed E-state index contributed by atoms with van der Waals surface area (Å²) < 4.78 is 56.7. The van der Waals surface area contributed by atoms with Crippen LogP contribution in [0, 0.1) is 0 Å². The standard InChI is InChI=1S/C52H85N3O16P2/c1-3-5-7-9-11-13-15-17-18-19-20-22-24-26-28-30-32-36-48(58)69-44(40-66-47(57)37-33-35-43(56)34-31-29-27-25-23-21-16-14-12-10-8-6-4-2)41-67-72(62,63)71-73(64,65)68-42-45-49(59)50(60)51(70-45)55-39-38-46(53)54-52(55)61/h6,8,12,14,17-18,21,23,27,29,31,34,38-39,43-45,49-51,56,59-60H,3-5,7,9-11,13,15-16,19-20,22,24-26,28,30,32-33,35-37,40-42H2,1-2H3,(H,62,63)(H,64,65)(H2,53,54,61)/b8-6-,14-12-,18-17-,23-21-,29-27-,34-31+/t43?,44-,45-,49-,50-,51-/m1/s1. The summed E-state index contributed by atoms with van der Waals surface area (Å²) in [4.78, 5) is 62.0. The van der Waals surface area contributed by atoms with Crippen LogP contribution in [0.3, 0.4) is 0 Å². The van der Waals surface area contributed by atoms with Crippen molar-refractivity contribution in [3.63, 3.8) is 0 Å². The van der Waals surface area contributed by atoms with Gasteiger partial charge in [0.15, 0.2) is 12.3 Å². The van der Waals surface area contributed by atoms with Crippen LogP contribution in [-0.4, -0.2) is 96.9 Å². The zero-order chi connectivity index (χ0) is 53.6. The third-order valence-corrected chi connectivity index (χ3v) is 14.0. The van der Waals surface area contributed by atoms with E-state index in [1.807, 2.05) is 12.2 Å². The number of esters is 2. The van der Waals surface area contributed by atoms with Crippen LogP contribution in [0.15, 0.2) is 90.0 Å². The Labute approximate surface area is 432 Å². The molecule has 1 aliphatic rings. The first-order chi connectivity index (χ1) is 35.1.